The zero-order chi connectivity index (χ0) is 11.1. The van der Waals surface area contributed by atoms with Gasteiger partial charge in [-0.1, -0.05) is 26.0 Å². The van der Waals surface area contributed by atoms with Crippen LogP contribution in [0.15, 0.2) is 24.3 Å². The van der Waals surface area contributed by atoms with Crippen LogP contribution in [0.25, 0.3) is 0 Å². The van der Waals surface area contributed by atoms with E-state index in [1.165, 1.54) is 5.56 Å². The van der Waals surface area contributed by atoms with Crippen LogP contribution in [0.2, 0.25) is 0 Å². The Morgan fingerprint density at radius 1 is 1.27 bits per heavy atom. The first kappa shape index (κ1) is 12.0. The van der Waals surface area contributed by atoms with E-state index in [4.69, 9.17) is 10.5 Å². The molecule has 3 N–H and O–H groups in total. The molecule has 0 fully saturated rings. The molecule has 1 aromatic carbocycles. The maximum atomic E-state index is 5.39. The fourth-order valence-electron chi connectivity index (χ4n) is 1.20. The summed E-state index contributed by atoms with van der Waals surface area (Å²) in [5.74, 6) is 0.883. The molecule has 0 aliphatic carbocycles. The van der Waals surface area contributed by atoms with Gasteiger partial charge in [0.1, 0.15) is 12.4 Å². The molecule has 15 heavy (non-hydrogen) atoms. The fourth-order valence-corrected chi connectivity index (χ4v) is 1.20. The normalized spacial score (nSPS) is 10.7. The number of hydrogen-bond acceptors (Lipinski definition) is 3. The summed E-state index contributed by atoms with van der Waals surface area (Å²) in [5, 5.41) is 3.36. The Bertz CT molecular complexity index is 269. The Labute approximate surface area is 91.6 Å². The van der Waals surface area contributed by atoms with Crippen molar-refractivity contribution in [2.75, 3.05) is 13.2 Å². The second-order valence-electron chi connectivity index (χ2n) is 3.82. The molecule has 84 valence electrons. The second kappa shape index (κ2) is 6.43. The standard InChI is InChI=1S/C12H20N2O/c1-10(2)14-9-11-3-5-12(6-4-11)15-8-7-13/h3-6,10,14H,7-9,13H2,1-2H3. The SMILES string of the molecule is CC(C)NCc1ccc(OCCN)cc1. The summed E-state index contributed by atoms with van der Waals surface area (Å²) in [6, 6.07) is 8.61. The van der Waals surface area contributed by atoms with Gasteiger partial charge in [-0.2, -0.15) is 0 Å². The van der Waals surface area contributed by atoms with Gasteiger partial charge in [0, 0.05) is 19.1 Å². The van der Waals surface area contributed by atoms with Crippen LogP contribution < -0.4 is 15.8 Å². The molecule has 0 bridgehead atoms. The highest BCUT2D eigenvalue weighted by Crippen LogP contribution is 2.11. The van der Waals surface area contributed by atoms with Crippen molar-refractivity contribution in [2.24, 2.45) is 5.73 Å². The van der Waals surface area contributed by atoms with E-state index in [2.05, 4.69) is 31.3 Å². The largest absolute Gasteiger partial charge is 0.492 e. The molecule has 0 atom stereocenters. The lowest BCUT2D eigenvalue weighted by Crippen LogP contribution is -2.21. The lowest BCUT2D eigenvalue weighted by molar-refractivity contribution is 0.328. The minimum atomic E-state index is 0.512. The van der Waals surface area contributed by atoms with E-state index in [9.17, 15) is 0 Å². The van der Waals surface area contributed by atoms with Gasteiger partial charge in [0.15, 0.2) is 0 Å². The molecular weight excluding hydrogens is 188 g/mol. The molecule has 0 amide bonds. The summed E-state index contributed by atoms with van der Waals surface area (Å²) < 4.78 is 5.39. The van der Waals surface area contributed by atoms with E-state index in [-0.39, 0.29) is 0 Å². The Morgan fingerprint density at radius 3 is 2.47 bits per heavy atom. The van der Waals surface area contributed by atoms with Gasteiger partial charge in [-0.05, 0) is 17.7 Å². The van der Waals surface area contributed by atoms with Crippen molar-refractivity contribution in [3.8, 4) is 5.75 Å². The van der Waals surface area contributed by atoms with Crippen LogP contribution in [0.1, 0.15) is 19.4 Å². The lowest BCUT2D eigenvalue weighted by Gasteiger charge is -2.09. The molecule has 0 saturated carbocycles. The lowest BCUT2D eigenvalue weighted by atomic mass is 10.2. The predicted molar refractivity (Wildman–Crippen MR) is 63.0 cm³/mol. The van der Waals surface area contributed by atoms with Gasteiger partial charge in [-0.3, -0.25) is 0 Å². The summed E-state index contributed by atoms with van der Waals surface area (Å²) in [4.78, 5) is 0. The van der Waals surface area contributed by atoms with E-state index in [0.717, 1.165) is 12.3 Å². The van der Waals surface area contributed by atoms with Crippen LogP contribution in [-0.2, 0) is 6.54 Å². The average molecular weight is 208 g/mol. The molecule has 1 rings (SSSR count). The van der Waals surface area contributed by atoms with Crippen LogP contribution in [0, 0.1) is 0 Å². The molecular formula is C12H20N2O. The van der Waals surface area contributed by atoms with Crippen LogP contribution in [0.4, 0.5) is 0 Å². The van der Waals surface area contributed by atoms with Crippen molar-refractivity contribution >= 4 is 0 Å². The number of rotatable bonds is 6. The minimum absolute atomic E-state index is 0.512. The van der Waals surface area contributed by atoms with Crippen molar-refractivity contribution in [2.45, 2.75) is 26.4 Å². The molecule has 1 aromatic rings. The third-order valence-electron chi connectivity index (χ3n) is 2.02. The van der Waals surface area contributed by atoms with E-state index in [1.807, 2.05) is 12.1 Å². The van der Waals surface area contributed by atoms with Crippen molar-refractivity contribution in [1.29, 1.82) is 0 Å². The Hall–Kier alpha value is -1.06. The van der Waals surface area contributed by atoms with Crippen molar-refractivity contribution < 1.29 is 4.74 Å². The first-order valence-electron chi connectivity index (χ1n) is 5.37. The topological polar surface area (TPSA) is 47.3 Å². The van der Waals surface area contributed by atoms with Gasteiger partial charge in [0.2, 0.25) is 0 Å². The quantitative estimate of drug-likeness (QED) is 0.745. The van der Waals surface area contributed by atoms with E-state index < -0.39 is 0 Å². The van der Waals surface area contributed by atoms with E-state index in [1.54, 1.807) is 0 Å². The summed E-state index contributed by atoms with van der Waals surface area (Å²) >= 11 is 0. The van der Waals surface area contributed by atoms with Gasteiger partial charge in [-0.25, -0.2) is 0 Å². The number of nitrogens with two attached hydrogens (primary N) is 1. The molecule has 0 unspecified atom stereocenters. The minimum Gasteiger partial charge on any atom is -0.492 e. The highest BCUT2D eigenvalue weighted by atomic mass is 16.5. The smallest absolute Gasteiger partial charge is 0.119 e. The fraction of sp³-hybridized carbons (Fsp3) is 0.500. The Kier molecular flexibility index (Phi) is 5.15. The van der Waals surface area contributed by atoms with Crippen LogP contribution >= 0.6 is 0 Å². The molecule has 0 aromatic heterocycles. The van der Waals surface area contributed by atoms with Crippen molar-refractivity contribution in [3.05, 3.63) is 29.8 Å². The Balaban J connectivity index is 2.41. The summed E-state index contributed by atoms with van der Waals surface area (Å²) in [7, 11) is 0. The number of ether oxygens (including phenoxy) is 1. The molecule has 0 saturated heterocycles. The molecule has 0 heterocycles. The maximum absolute atomic E-state index is 5.39. The number of benzene rings is 1. The predicted octanol–water partition coefficient (Wildman–Crippen LogP) is 1.52. The summed E-state index contributed by atoms with van der Waals surface area (Å²) in [5.41, 5.74) is 6.62. The zero-order valence-electron chi connectivity index (χ0n) is 9.49. The molecule has 3 nitrogen and oxygen atoms in total. The van der Waals surface area contributed by atoms with Gasteiger partial charge in [-0.15, -0.1) is 0 Å². The molecule has 3 heteroatoms. The third-order valence-corrected chi connectivity index (χ3v) is 2.02. The van der Waals surface area contributed by atoms with Crippen LogP contribution in [-0.4, -0.2) is 19.2 Å². The molecule has 0 radical (unpaired) electrons. The first-order chi connectivity index (χ1) is 7.22. The summed E-state index contributed by atoms with van der Waals surface area (Å²) in [6.07, 6.45) is 0. The van der Waals surface area contributed by atoms with Gasteiger partial charge < -0.3 is 15.8 Å². The molecule has 0 spiro atoms. The van der Waals surface area contributed by atoms with Crippen LogP contribution in [0.3, 0.4) is 0 Å². The second-order valence-corrected chi connectivity index (χ2v) is 3.82. The zero-order valence-corrected chi connectivity index (χ0v) is 9.49. The number of nitrogens with one attached hydrogen (secondary N) is 1. The number of hydrogen-bond donors (Lipinski definition) is 2. The first-order valence-corrected chi connectivity index (χ1v) is 5.37. The van der Waals surface area contributed by atoms with Crippen molar-refractivity contribution in [1.82, 2.24) is 5.32 Å². The Morgan fingerprint density at radius 2 is 1.93 bits per heavy atom. The van der Waals surface area contributed by atoms with E-state index >= 15 is 0 Å². The van der Waals surface area contributed by atoms with E-state index in [0.29, 0.717) is 19.2 Å². The van der Waals surface area contributed by atoms with Gasteiger partial charge >= 0.3 is 0 Å². The maximum Gasteiger partial charge on any atom is 0.119 e. The van der Waals surface area contributed by atoms with Gasteiger partial charge in [0.05, 0.1) is 0 Å². The molecule has 0 aliphatic rings. The summed E-state index contributed by atoms with van der Waals surface area (Å²) in [6.45, 7) is 6.30. The third kappa shape index (κ3) is 4.81. The van der Waals surface area contributed by atoms with Crippen LogP contribution in [0.5, 0.6) is 5.75 Å². The van der Waals surface area contributed by atoms with Crippen molar-refractivity contribution in [3.63, 3.8) is 0 Å². The van der Waals surface area contributed by atoms with Gasteiger partial charge in [0.25, 0.3) is 0 Å². The highest BCUT2D eigenvalue weighted by Gasteiger charge is 1.96. The average Bonchev–Trinajstić information content (AvgIpc) is 2.25. The monoisotopic (exact) mass is 208 g/mol. The molecule has 0 aliphatic heterocycles. The highest BCUT2D eigenvalue weighted by molar-refractivity contribution is 5.27.